The van der Waals surface area contributed by atoms with Crippen LogP contribution >= 0.6 is 0 Å². The van der Waals surface area contributed by atoms with Crippen molar-refractivity contribution in [2.75, 3.05) is 11.9 Å². The van der Waals surface area contributed by atoms with Crippen LogP contribution in [0.4, 0.5) is 10.5 Å². The van der Waals surface area contributed by atoms with Gasteiger partial charge in [-0.25, -0.2) is 9.78 Å². The second-order valence-corrected chi connectivity index (χ2v) is 5.35. The molecule has 2 N–H and O–H groups in total. The molecule has 0 bridgehead atoms. The molecule has 0 radical (unpaired) electrons. The van der Waals surface area contributed by atoms with Crippen LogP contribution < -0.4 is 10.6 Å². The van der Waals surface area contributed by atoms with Crippen LogP contribution in [0, 0.1) is 6.92 Å². The standard InChI is InChI=1S/C18H18N4O2/c1-13-12-19-7-5-14(13)6-8-21-18(23)22-16-4-2-3-15(11-16)17-20-9-10-24-17/h2-5,7,9-12H,6,8H2,1H3,(H2,21,22,23). The third-order valence-electron chi connectivity index (χ3n) is 3.62. The molecule has 3 aromatic rings. The van der Waals surface area contributed by atoms with Crippen molar-refractivity contribution in [3.8, 4) is 11.5 Å². The van der Waals surface area contributed by atoms with Crippen molar-refractivity contribution < 1.29 is 9.21 Å². The summed E-state index contributed by atoms with van der Waals surface area (Å²) in [4.78, 5) is 20.2. The van der Waals surface area contributed by atoms with Gasteiger partial charge >= 0.3 is 6.03 Å². The second kappa shape index (κ2) is 7.41. The van der Waals surface area contributed by atoms with Crippen LogP contribution in [0.3, 0.4) is 0 Å². The monoisotopic (exact) mass is 322 g/mol. The number of aryl methyl sites for hydroxylation is 1. The third-order valence-corrected chi connectivity index (χ3v) is 3.62. The second-order valence-electron chi connectivity index (χ2n) is 5.35. The first kappa shape index (κ1) is 15.7. The Morgan fingerprint density at radius 1 is 1.25 bits per heavy atom. The lowest BCUT2D eigenvalue weighted by Crippen LogP contribution is -2.30. The van der Waals surface area contributed by atoms with Crippen molar-refractivity contribution in [1.82, 2.24) is 15.3 Å². The maximum Gasteiger partial charge on any atom is 0.319 e. The van der Waals surface area contributed by atoms with Gasteiger partial charge in [-0.3, -0.25) is 4.98 Å². The van der Waals surface area contributed by atoms with E-state index in [1.807, 2.05) is 43.5 Å². The lowest BCUT2D eigenvalue weighted by Gasteiger charge is -2.09. The van der Waals surface area contributed by atoms with Crippen molar-refractivity contribution in [1.29, 1.82) is 0 Å². The number of hydrogen-bond acceptors (Lipinski definition) is 4. The number of nitrogens with zero attached hydrogens (tertiary/aromatic N) is 2. The molecule has 0 aliphatic carbocycles. The summed E-state index contributed by atoms with van der Waals surface area (Å²) in [7, 11) is 0. The summed E-state index contributed by atoms with van der Waals surface area (Å²) in [5.41, 5.74) is 3.79. The van der Waals surface area contributed by atoms with Crippen LogP contribution in [0.2, 0.25) is 0 Å². The summed E-state index contributed by atoms with van der Waals surface area (Å²) in [5, 5.41) is 5.66. The number of anilines is 1. The van der Waals surface area contributed by atoms with Gasteiger partial charge in [0.1, 0.15) is 6.26 Å². The molecule has 122 valence electrons. The van der Waals surface area contributed by atoms with E-state index in [2.05, 4.69) is 20.6 Å². The van der Waals surface area contributed by atoms with Gasteiger partial charge < -0.3 is 15.1 Å². The lowest BCUT2D eigenvalue weighted by atomic mass is 10.1. The van der Waals surface area contributed by atoms with Gasteiger partial charge in [-0.2, -0.15) is 0 Å². The highest BCUT2D eigenvalue weighted by atomic mass is 16.3. The average Bonchev–Trinajstić information content (AvgIpc) is 3.11. The molecule has 0 unspecified atom stereocenters. The number of aromatic nitrogens is 2. The highest BCUT2D eigenvalue weighted by molar-refractivity contribution is 5.89. The number of oxazole rings is 1. The zero-order chi connectivity index (χ0) is 16.8. The first-order valence-electron chi connectivity index (χ1n) is 7.66. The van der Waals surface area contributed by atoms with Gasteiger partial charge in [0, 0.05) is 30.2 Å². The number of hydrogen-bond donors (Lipinski definition) is 2. The molecule has 0 aliphatic rings. The molecule has 0 fully saturated rings. The molecule has 3 rings (SSSR count). The molecule has 2 heterocycles. The summed E-state index contributed by atoms with van der Waals surface area (Å²) in [6.07, 6.45) is 7.45. The van der Waals surface area contributed by atoms with Crippen LogP contribution in [0.25, 0.3) is 11.5 Å². The number of carbonyl (C=O) groups excluding carboxylic acids is 1. The molecule has 0 spiro atoms. The summed E-state index contributed by atoms with van der Waals surface area (Å²) in [5.74, 6) is 0.521. The number of rotatable bonds is 5. The molecule has 0 saturated heterocycles. The van der Waals surface area contributed by atoms with E-state index in [9.17, 15) is 4.79 Å². The summed E-state index contributed by atoms with van der Waals surface area (Å²) in [6.45, 7) is 2.56. The predicted molar refractivity (Wildman–Crippen MR) is 91.6 cm³/mol. The number of pyridine rings is 1. The Morgan fingerprint density at radius 2 is 2.17 bits per heavy atom. The van der Waals surface area contributed by atoms with Gasteiger partial charge in [0.2, 0.25) is 5.89 Å². The fourth-order valence-corrected chi connectivity index (χ4v) is 2.36. The maximum absolute atomic E-state index is 12.0. The molecule has 0 atom stereocenters. The molecule has 6 nitrogen and oxygen atoms in total. The van der Waals surface area contributed by atoms with E-state index in [-0.39, 0.29) is 6.03 Å². The van der Waals surface area contributed by atoms with Crippen LogP contribution in [-0.2, 0) is 6.42 Å². The average molecular weight is 322 g/mol. The summed E-state index contributed by atoms with van der Waals surface area (Å²) < 4.78 is 5.26. The Labute approximate surface area is 140 Å². The Bertz CT molecular complexity index is 815. The summed E-state index contributed by atoms with van der Waals surface area (Å²) in [6, 6.07) is 9.08. The van der Waals surface area contributed by atoms with E-state index in [0.29, 0.717) is 18.1 Å². The molecule has 2 aromatic heterocycles. The first-order chi connectivity index (χ1) is 11.7. The first-order valence-corrected chi connectivity index (χ1v) is 7.66. The van der Waals surface area contributed by atoms with Crippen molar-refractivity contribution in [3.05, 3.63) is 66.3 Å². The molecular weight excluding hydrogens is 304 g/mol. The van der Waals surface area contributed by atoms with E-state index in [0.717, 1.165) is 17.5 Å². The molecule has 6 heteroatoms. The number of urea groups is 1. The van der Waals surface area contributed by atoms with Crippen molar-refractivity contribution in [2.45, 2.75) is 13.3 Å². The molecule has 24 heavy (non-hydrogen) atoms. The molecule has 0 saturated carbocycles. The number of amides is 2. The van der Waals surface area contributed by atoms with E-state index < -0.39 is 0 Å². The van der Waals surface area contributed by atoms with Gasteiger partial charge in [-0.05, 0) is 48.7 Å². The quantitative estimate of drug-likeness (QED) is 0.754. The van der Waals surface area contributed by atoms with Crippen molar-refractivity contribution in [2.24, 2.45) is 0 Å². The number of carbonyl (C=O) groups is 1. The van der Waals surface area contributed by atoms with Gasteiger partial charge in [0.15, 0.2) is 0 Å². The minimum Gasteiger partial charge on any atom is -0.445 e. The van der Waals surface area contributed by atoms with E-state index in [1.54, 1.807) is 12.4 Å². The van der Waals surface area contributed by atoms with Crippen LogP contribution in [0.15, 0.2) is 59.6 Å². The minimum atomic E-state index is -0.244. The molecular formula is C18H18N4O2. The van der Waals surface area contributed by atoms with Gasteiger partial charge in [-0.1, -0.05) is 6.07 Å². The van der Waals surface area contributed by atoms with Gasteiger partial charge in [-0.15, -0.1) is 0 Å². The van der Waals surface area contributed by atoms with E-state index in [1.165, 1.54) is 11.8 Å². The largest absolute Gasteiger partial charge is 0.445 e. The van der Waals surface area contributed by atoms with E-state index >= 15 is 0 Å². The van der Waals surface area contributed by atoms with Crippen molar-refractivity contribution in [3.63, 3.8) is 0 Å². The SMILES string of the molecule is Cc1cnccc1CCNC(=O)Nc1cccc(-c2ncco2)c1. The van der Waals surface area contributed by atoms with Crippen molar-refractivity contribution >= 4 is 11.7 Å². The van der Waals surface area contributed by atoms with Gasteiger partial charge in [0.25, 0.3) is 0 Å². The number of benzene rings is 1. The van der Waals surface area contributed by atoms with Crippen LogP contribution in [0.5, 0.6) is 0 Å². The number of nitrogens with one attached hydrogen (secondary N) is 2. The molecule has 1 aromatic carbocycles. The normalized spacial score (nSPS) is 10.4. The minimum absolute atomic E-state index is 0.244. The Hall–Kier alpha value is -3.15. The fraction of sp³-hybridized carbons (Fsp3) is 0.167. The Kier molecular flexibility index (Phi) is 4.86. The topological polar surface area (TPSA) is 80.0 Å². The Morgan fingerprint density at radius 3 is 2.96 bits per heavy atom. The Balaban J connectivity index is 1.54. The maximum atomic E-state index is 12.0. The predicted octanol–water partition coefficient (Wildman–Crippen LogP) is 3.41. The zero-order valence-electron chi connectivity index (χ0n) is 13.3. The third kappa shape index (κ3) is 3.98. The molecule has 0 aliphatic heterocycles. The lowest BCUT2D eigenvalue weighted by molar-refractivity contribution is 0.252. The summed E-state index contributed by atoms with van der Waals surface area (Å²) >= 11 is 0. The fourth-order valence-electron chi connectivity index (χ4n) is 2.36. The van der Waals surface area contributed by atoms with Crippen LogP contribution in [0.1, 0.15) is 11.1 Å². The van der Waals surface area contributed by atoms with Crippen LogP contribution in [-0.4, -0.2) is 22.5 Å². The van der Waals surface area contributed by atoms with E-state index in [4.69, 9.17) is 4.42 Å². The highest BCUT2D eigenvalue weighted by Gasteiger charge is 2.06. The highest BCUT2D eigenvalue weighted by Crippen LogP contribution is 2.20. The smallest absolute Gasteiger partial charge is 0.319 e. The molecule has 2 amide bonds. The van der Waals surface area contributed by atoms with Gasteiger partial charge in [0.05, 0.1) is 6.20 Å². The zero-order valence-corrected chi connectivity index (χ0v) is 13.3.